The lowest BCUT2D eigenvalue weighted by molar-refractivity contribution is 0.216. The molecule has 0 atom stereocenters. The second-order valence-electron chi connectivity index (χ2n) is 2.43. The fourth-order valence-corrected chi connectivity index (χ4v) is 0.701. The van der Waals surface area contributed by atoms with Crippen LogP contribution in [0.15, 0.2) is 0 Å². The summed E-state index contributed by atoms with van der Waals surface area (Å²) in [6.45, 7) is 2.83. The molecular weight excluding hydrogens is 128 g/mol. The Hall–Kier alpha value is -0.730. The van der Waals surface area contributed by atoms with Crippen LogP contribution in [0.25, 0.3) is 0 Å². The van der Waals surface area contributed by atoms with Gasteiger partial charge < -0.3 is 4.90 Å². The number of amides is 2. The quantitative estimate of drug-likeness (QED) is 0.550. The molecule has 0 aromatic rings. The molecule has 0 fully saturated rings. The van der Waals surface area contributed by atoms with E-state index in [4.69, 9.17) is 5.73 Å². The summed E-state index contributed by atoms with van der Waals surface area (Å²) in [4.78, 5) is 11.8. The van der Waals surface area contributed by atoms with Crippen LogP contribution in [0.5, 0.6) is 0 Å². The summed E-state index contributed by atoms with van der Waals surface area (Å²) < 4.78 is 0. The Morgan fingerprint density at radius 1 is 1.50 bits per heavy atom. The molecule has 10 heavy (non-hydrogen) atoms. The second-order valence-corrected chi connectivity index (χ2v) is 2.43. The Morgan fingerprint density at radius 2 is 2.10 bits per heavy atom. The van der Waals surface area contributed by atoms with Gasteiger partial charge in [-0.3, -0.25) is 0 Å². The first kappa shape index (κ1) is 9.27. The van der Waals surface area contributed by atoms with Gasteiger partial charge in [-0.2, -0.15) is 0 Å². The van der Waals surface area contributed by atoms with Crippen molar-refractivity contribution in [2.75, 3.05) is 13.6 Å². The van der Waals surface area contributed by atoms with Crippen molar-refractivity contribution in [1.29, 1.82) is 0 Å². The van der Waals surface area contributed by atoms with Crippen molar-refractivity contribution >= 4 is 6.03 Å². The highest BCUT2D eigenvalue weighted by Gasteiger charge is 2.00. The molecule has 0 saturated carbocycles. The molecule has 0 heterocycles. The lowest BCUT2D eigenvalue weighted by Crippen LogP contribution is -2.26. The van der Waals surface area contributed by atoms with E-state index in [0.717, 1.165) is 25.8 Å². The van der Waals surface area contributed by atoms with Crippen molar-refractivity contribution in [3.05, 3.63) is 0 Å². The van der Waals surface area contributed by atoms with Gasteiger partial charge in [-0.1, -0.05) is 19.8 Å². The third-order valence-electron chi connectivity index (χ3n) is 1.44. The van der Waals surface area contributed by atoms with Crippen molar-refractivity contribution in [2.24, 2.45) is 0 Å². The first-order chi connectivity index (χ1) is 4.68. The summed E-state index contributed by atoms with van der Waals surface area (Å²) in [6, 6.07) is -0.587. The largest absolute Gasteiger partial charge is 0.335 e. The highest BCUT2D eigenvalue weighted by Crippen LogP contribution is 1.95. The summed E-state index contributed by atoms with van der Waals surface area (Å²) in [7, 11) is 1.66. The average Bonchev–Trinajstić information content (AvgIpc) is 1.88. The van der Waals surface area contributed by atoms with Gasteiger partial charge in [-0.25, -0.2) is 10.5 Å². The topological polar surface area (TPSA) is 44.1 Å². The first-order valence-corrected chi connectivity index (χ1v) is 3.65. The zero-order chi connectivity index (χ0) is 7.98. The van der Waals surface area contributed by atoms with E-state index in [-0.39, 0.29) is 0 Å². The van der Waals surface area contributed by atoms with Crippen LogP contribution in [0.2, 0.25) is 0 Å². The number of nitrogens with one attached hydrogen (secondary N) is 1. The highest BCUT2D eigenvalue weighted by molar-refractivity contribution is 5.70. The van der Waals surface area contributed by atoms with Gasteiger partial charge in [-0.15, -0.1) is 0 Å². The van der Waals surface area contributed by atoms with Crippen LogP contribution in [0.1, 0.15) is 26.2 Å². The van der Waals surface area contributed by atoms with Crippen LogP contribution in [0.3, 0.4) is 0 Å². The van der Waals surface area contributed by atoms with E-state index < -0.39 is 6.03 Å². The standard InChI is InChI=1S/C7H15N2O/c1-3-4-5-6-9(2)7(8)10/h8H,3-6H2,1-2H3. The van der Waals surface area contributed by atoms with Gasteiger partial charge >= 0.3 is 6.03 Å². The van der Waals surface area contributed by atoms with E-state index in [1.54, 1.807) is 7.05 Å². The van der Waals surface area contributed by atoms with Crippen molar-refractivity contribution in [3.63, 3.8) is 0 Å². The SMILES string of the molecule is CCCCCN(C)C([NH])=O. The van der Waals surface area contributed by atoms with E-state index in [2.05, 4.69) is 6.92 Å². The lowest BCUT2D eigenvalue weighted by atomic mass is 10.2. The summed E-state index contributed by atoms with van der Waals surface area (Å²) in [5.41, 5.74) is 6.71. The number of nitrogens with zero attached hydrogens (tertiary/aromatic N) is 1. The minimum absolute atomic E-state index is 0.587. The van der Waals surface area contributed by atoms with Gasteiger partial charge in [0.25, 0.3) is 0 Å². The van der Waals surface area contributed by atoms with Crippen LogP contribution in [0, 0.1) is 0 Å². The highest BCUT2D eigenvalue weighted by atomic mass is 16.2. The number of hydrogen-bond donors (Lipinski definition) is 0. The maximum atomic E-state index is 10.3. The zero-order valence-electron chi connectivity index (χ0n) is 6.68. The van der Waals surface area contributed by atoms with Crippen LogP contribution >= 0.6 is 0 Å². The Balaban J connectivity index is 3.21. The molecule has 1 N–H and O–H groups in total. The molecule has 0 bridgehead atoms. The number of carbonyl (C=O) groups is 1. The van der Waals surface area contributed by atoms with Crippen molar-refractivity contribution < 1.29 is 4.79 Å². The molecule has 0 rings (SSSR count). The Bertz CT molecular complexity index is 104. The van der Waals surface area contributed by atoms with Crippen LogP contribution in [-0.4, -0.2) is 24.5 Å². The van der Waals surface area contributed by atoms with Crippen LogP contribution in [-0.2, 0) is 0 Å². The summed E-state index contributed by atoms with van der Waals surface area (Å²) >= 11 is 0. The number of unbranched alkanes of at least 4 members (excludes halogenated alkanes) is 2. The molecule has 0 aliphatic carbocycles. The summed E-state index contributed by atoms with van der Waals surface area (Å²) in [5, 5.41) is 0. The molecular formula is C7H15N2O. The minimum atomic E-state index is -0.587. The van der Waals surface area contributed by atoms with Crippen LogP contribution in [0.4, 0.5) is 4.79 Å². The lowest BCUT2D eigenvalue weighted by Gasteiger charge is -2.11. The van der Waals surface area contributed by atoms with E-state index in [0.29, 0.717) is 0 Å². The number of rotatable bonds is 4. The van der Waals surface area contributed by atoms with E-state index >= 15 is 0 Å². The molecule has 0 unspecified atom stereocenters. The second kappa shape index (κ2) is 5.09. The van der Waals surface area contributed by atoms with Crippen molar-refractivity contribution in [3.8, 4) is 0 Å². The van der Waals surface area contributed by atoms with Gasteiger partial charge in [0.15, 0.2) is 0 Å². The third-order valence-corrected chi connectivity index (χ3v) is 1.44. The Kier molecular flexibility index (Phi) is 4.72. The molecule has 0 aliphatic heterocycles. The predicted molar refractivity (Wildman–Crippen MR) is 40.6 cm³/mol. The summed E-state index contributed by atoms with van der Waals surface area (Å²) in [6.07, 6.45) is 3.30. The van der Waals surface area contributed by atoms with Crippen molar-refractivity contribution in [2.45, 2.75) is 26.2 Å². The number of urea groups is 1. The van der Waals surface area contributed by atoms with E-state index in [1.165, 1.54) is 4.90 Å². The Morgan fingerprint density at radius 3 is 2.50 bits per heavy atom. The predicted octanol–water partition coefficient (Wildman–Crippen LogP) is 1.51. The Labute approximate surface area is 62.2 Å². The maximum absolute atomic E-state index is 10.3. The van der Waals surface area contributed by atoms with Crippen LogP contribution < -0.4 is 5.73 Å². The molecule has 1 radical (unpaired) electrons. The van der Waals surface area contributed by atoms with Gasteiger partial charge in [0.2, 0.25) is 0 Å². The third kappa shape index (κ3) is 4.18. The van der Waals surface area contributed by atoms with Gasteiger partial charge in [-0.05, 0) is 6.42 Å². The van der Waals surface area contributed by atoms with Gasteiger partial charge in [0.05, 0.1) is 0 Å². The van der Waals surface area contributed by atoms with E-state index in [9.17, 15) is 4.79 Å². The van der Waals surface area contributed by atoms with Gasteiger partial charge in [0, 0.05) is 13.6 Å². The molecule has 3 heteroatoms. The minimum Gasteiger partial charge on any atom is -0.326 e. The monoisotopic (exact) mass is 143 g/mol. The molecule has 0 spiro atoms. The number of carbonyl (C=O) groups excluding carboxylic acids is 1. The van der Waals surface area contributed by atoms with E-state index in [1.807, 2.05) is 0 Å². The molecule has 0 aromatic carbocycles. The molecule has 0 aromatic heterocycles. The molecule has 0 saturated heterocycles. The first-order valence-electron chi connectivity index (χ1n) is 3.65. The molecule has 2 amide bonds. The zero-order valence-corrected chi connectivity index (χ0v) is 6.68. The molecule has 59 valence electrons. The fourth-order valence-electron chi connectivity index (χ4n) is 0.701. The maximum Gasteiger partial charge on any atom is 0.335 e. The smallest absolute Gasteiger partial charge is 0.326 e. The fraction of sp³-hybridized carbons (Fsp3) is 0.857. The normalized spacial score (nSPS) is 9.40. The summed E-state index contributed by atoms with van der Waals surface area (Å²) in [5.74, 6) is 0. The molecule has 0 aliphatic rings. The number of hydrogen-bond acceptors (Lipinski definition) is 1. The average molecular weight is 143 g/mol. The van der Waals surface area contributed by atoms with Gasteiger partial charge in [0.1, 0.15) is 0 Å². The molecule has 3 nitrogen and oxygen atoms in total. The van der Waals surface area contributed by atoms with Crippen molar-refractivity contribution in [1.82, 2.24) is 10.6 Å².